The van der Waals surface area contributed by atoms with E-state index >= 15 is 0 Å². The number of likely N-dealkylation sites (tertiary alicyclic amines) is 1. The van der Waals surface area contributed by atoms with Gasteiger partial charge in [-0.05, 0) is 52.0 Å². The van der Waals surface area contributed by atoms with Gasteiger partial charge in [-0.2, -0.15) is 5.10 Å². The molecule has 0 spiro atoms. The van der Waals surface area contributed by atoms with Crippen LogP contribution in [0.3, 0.4) is 0 Å². The van der Waals surface area contributed by atoms with Gasteiger partial charge in [-0.15, -0.1) is 0 Å². The molecule has 6 rings (SSSR count). The van der Waals surface area contributed by atoms with Crippen LogP contribution in [0.1, 0.15) is 55.8 Å². The molecule has 9 nitrogen and oxygen atoms in total. The molecule has 9 heteroatoms. The molecule has 4 aliphatic rings. The molecule has 32 heavy (non-hydrogen) atoms. The fourth-order valence-electron chi connectivity index (χ4n) is 6.09. The van der Waals surface area contributed by atoms with Crippen molar-refractivity contribution < 1.29 is 4.79 Å². The molecule has 4 aliphatic heterocycles. The van der Waals surface area contributed by atoms with Crippen LogP contribution in [-0.4, -0.2) is 81.3 Å². The van der Waals surface area contributed by atoms with Gasteiger partial charge >= 0.3 is 0 Å². The SMILES string of the molecule is Cc1cn2nc([C@@H]3CCCCN3C(=O)C3CN4CCCC4N3)cc2nc1N1CC[C@H](N)C1. The predicted octanol–water partition coefficient (Wildman–Crippen LogP) is 1.02. The molecule has 6 heterocycles. The van der Waals surface area contributed by atoms with E-state index in [1.165, 1.54) is 6.42 Å². The summed E-state index contributed by atoms with van der Waals surface area (Å²) in [6, 6.07) is 2.23. The van der Waals surface area contributed by atoms with Crippen molar-refractivity contribution in [1.82, 2.24) is 29.7 Å². The Kier molecular flexibility index (Phi) is 5.07. The number of hydrogen-bond donors (Lipinski definition) is 2. The van der Waals surface area contributed by atoms with E-state index in [2.05, 4.69) is 39.2 Å². The maximum absolute atomic E-state index is 13.5. The third-order valence-electron chi connectivity index (χ3n) is 7.75. The van der Waals surface area contributed by atoms with Gasteiger partial charge in [0, 0.05) is 50.0 Å². The fraction of sp³-hybridized carbons (Fsp3) is 0.696. The fourth-order valence-corrected chi connectivity index (χ4v) is 6.09. The highest BCUT2D eigenvalue weighted by Crippen LogP contribution is 2.33. The number of carbonyl (C=O) groups excluding carboxylic acids is 1. The zero-order chi connectivity index (χ0) is 21.8. The van der Waals surface area contributed by atoms with E-state index < -0.39 is 0 Å². The Labute approximate surface area is 188 Å². The lowest BCUT2D eigenvalue weighted by Gasteiger charge is -2.36. The predicted molar refractivity (Wildman–Crippen MR) is 122 cm³/mol. The molecule has 0 aliphatic carbocycles. The highest BCUT2D eigenvalue weighted by Gasteiger charge is 2.41. The molecular formula is C23H34N8O. The number of hydrogen-bond acceptors (Lipinski definition) is 7. The zero-order valence-corrected chi connectivity index (χ0v) is 18.9. The minimum Gasteiger partial charge on any atom is -0.355 e. The molecule has 172 valence electrons. The highest BCUT2D eigenvalue weighted by atomic mass is 16.2. The summed E-state index contributed by atoms with van der Waals surface area (Å²) < 4.78 is 1.88. The molecule has 4 fully saturated rings. The molecule has 4 saturated heterocycles. The van der Waals surface area contributed by atoms with E-state index in [9.17, 15) is 4.79 Å². The van der Waals surface area contributed by atoms with Crippen molar-refractivity contribution in [2.45, 2.75) is 69.7 Å². The Balaban J connectivity index is 1.26. The largest absolute Gasteiger partial charge is 0.355 e. The lowest BCUT2D eigenvalue weighted by molar-refractivity contribution is -0.137. The Hall–Kier alpha value is -2.23. The summed E-state index contributed by atoms with van der Waals surface area (Å²) in [5.74, 6) is 1.24. The van der Waals surface area contributed by atoms with E-state index in [0.29, 0.717) is 6.17 Å². The lowest BCUT2D eigenvalue weighted by atomic mass is 9.98. The van der Waals surface area contributed by atoms with Crippen molar-refractivity contribution in [3.05, 3.63) is 23.5 Å². The zero-order valence-electron chi connectivity index (χ0n) is 18.9. The van der Waals surface area contributed by atoms with Gasteiger partial charge in [0.05, 0.1) is 17.9 Å². The first-order chi connectivity index (χ1) is 15.6. The Bertz CT molecular complexity index is 1010. The maximum Gasteiger partial charge on any atom is 0.241 e. The van der Waals surface area contributed by atoms with Crippen LogP contribution in [0.4, 0.5) is 5.82 Å². The van der Waals surface area contributed by atoms with Crippen molar-refractivity contribution in [1.29, 1.82) is 0 Å². The number of rotatable bonds is 3. The van der Waals surface area contributed by atoms with E-state index in [4.69, 9.17) is 15.8 Å². The molecule has 0 radical (unpaired) electrons. The summed E-state index contributed by atoms with van der Waals surface area (Å²) in [4.78, 5) is 25.2. The van der Waals surface area contributed by atoms with Crippen LogP contribution in [0.15, 0.2) is 12.3 Å². The molecule has 2 unspecified atom stereocenters. The summed E-state index contributed by atoms with van der Waals surface area (Å²) in [5, 5.41) is 8.46. The smallest absolute Gasteiger partial charge is 0.241 e. The van der Waals surface area contributed by atoms with Gasteiger partial charge in [0.25, 0.3) is 0 Å². The Morgan fingerprint density at radius 3 is 2.84 bits per heavy atom. The Morgan fingerprint density at radius 1 is 1.12 bits per heavy atom. The van der Waals surface area contributed by atoms with Crippen LogP contribution in [-0.2, 0) is 4.79 Å². The van der Waals surface area contributed by atoms with E-state index in [-0.39, 0.29) is 24.0 Å². The minimum absolute atomic E-state index is 0.0270. The molecule has 1 amide bonds. The molecule has 0 saturated carbocycles. The summed E-state index contributed by atoms with van der Waals surface area (Å²) in [6.45, 7) is 6.63. The third kappa shape index (κ3) is 3.47. The molecule has 2 aromatic rings. The van der Waals surface area contributed by atoms with Crippen LogP contribution in [0.2, 0.25) is 0 Å². The van der Waals surface area contributed by atoms with Gasteiger partial charge in [0.1, 0.15) is 11.9 Å². The van der Waals surface area contributed by atoms with Crippen molar-refractivity contribution in [2.75, 3.05) is 37.6 Å². The number of nitrogens with zero attached hydrogens (tertiary/aromatic N) is 6. The number of nitrogens with two attached hydrogens (primary N) is 1. The second-order valence-electron chi connectivity index (χ2n) is 10.0. The van der Waals surface area contributed by atoms with Gasteiger partial charge < -0.3 is 15.5 Å². The molecule has 0 bridgehead atoms. The normalized spacial score (nSPS) is 31.1. The minimum atomic E-state index is -0.0933. The molecule has 2 aromatic heterocycles. The number of aryl methyl sites for hydroxylation is 1. The molecule has 4 atom stereocenters. The lowest BCUT2D eigenvalue weighted by Crippen LogP contribution is -2.49. The average Bonchev–Trinajstić information content (AvgIpc) is 3.56. The summed E-state index contributed by atoms with van der Waals surface area (Å²) >= 11 is 0. The first-order valence-electron chi connectivity index (χ1n) is 12.2. The topological polar surface area (TPSA) is 95.0 Å². The number of amides is 1. The summed E-state index contributed by atoms with van der Waals surface area (Å²) in [7, 11) is 0. The first kappa shape index (κ1) is 20.4. The van der Waals surface area contributed by atoms with E-state index in [1.54, 1.807) is 0 Å². The van der Waals surface area contributed by atoms with Gasteiger partial charge in [0.2, 0.25) is 5.91 Å². The quantitative estimate of drug-likeness (QED) is 0.739. The summed E-state index contributed by atoms with van der Waals surface area (Å²) in [5.41, 5.74) is 9.03. The van der Waals surface area contributed by atoms with E-state index in [0.717, 1.165) is 87.6 Å². The van der Waals surface area contributed by atoms with Crippen molar-refractivity contribution in [2.24, 2.45) is 5.73 Å². The van der Waals surface area contributed by atoms with Gasteiger partial charge in [0.15, 0.2) is 5.65 Å². The average molecular weight is 439 g/mol. The summed E-state index contributed by atoms with van der Waals surface area (Å²) in [6.07, 6.45) is 8.97. The second-order valence-corrected chi connectivity index (χ2v) is 10.0. The van der Waals surface area contributed by atoms with Crippen LogP contribution < -0.4 is 16.0 Å². The van der Waals surface area contributed by atoms with Crippen LogP contribution in [0.25, 0.3) is 5.65 Å². The number of piperidine rings is 1. The first-order valence-corrected chi connectivity index (χ1v) is 12.2. The number of fused-ring (bicyclic) bond motifs is 2. The van der Waals surface area contributed by atoms with Gasteiger partial charge in [-0.1, -0.05) is 0 Å². The number of aromatic nitrogens is 3. The van der Waals surface area contributed by atoms with Crippen LogP contribution >= 0.6 is 0 Å². The molecule has 3 N–H and O–H groups in total. The standard InChI is InChI=1S/C23H34N8O/c1-15-12-31-21(26-22(15)29-10-7-16(24)13-29)11-17(27-31)19-5-2-3-9-30(19)23(32)18-14-28-8-4-6-20(28)25-18/h11-12,16,18-20,25H,2-10,13-14,24H2,1H3/t16-,18?,19-,20?/m0/s1. The van der Waals surface area contributed by atoms with Crippen molar-refractivity contribution >= 4 is 17.4 Å². The van der Waals surface area contributed by atoms with Crippen LogP contribution in [0.5, 0.6) is 0 Å². The maximum atomic E-state index is 13.5. The molecule has 0 aromatic carbocycles. The molecular weight excluding hydrogens is 404 g/mol. The van der Waals surface area contributed by atoms with Crippen molar-refractivity contribution in [3.8, 4) is 0 Å². The number of anilines is 1. The number of carbonyl (C=O) groups is 1. The van der Waals surface area contributed by atoms with Crippen molar-refractivity contribution in [3.63, 3.8) is 0 Å². The van der Waals surface area contributed by atoms with E-state index in [1.807, 2.05) is 4.52 Å². The van der Waals surface area contributed by atoms with Gasteiger partial charge in [-0.25, -0.2) is 9.50 Å². The Morgan fingerprint density at radius 2 is 2.03 bits per heavy atom. The highest BCUT2D eigenvalue weighted by molar-refractivity contribution is 5.83. The monoisotopic (exact) mass is 438 g/mol. The second kappa shape index (κ2) is 7.97. The van der Waals surface area contributed by atoms with Gasteiger partial charge in [-0.3, -0.25) is 15.0 Å². The van der Waals surface area contributed by atoms with Crippen LogP contribution in [0, 0.1) is 6.92 Å². The number of nitrogens with one attached hydrogen (secondary N) is 1. The third-order valence-corrected chi connectivity index (χ3v) is 7.75.